The van der Waals surface area contributed by atoms with Crippen molar-refractivity contribution in [2.24, 2.45) is 0 Å². The highest BCUT2D eigenvalue weighted by atomic mass is 35.5. The van der Waals surface area contributed by atoms with Gasteiger partial charge >= 0.3 is 0 Å². The largest absolute Gasteiger partial charge is 0.367 e. The van der Waals surface area contributed by atoms with Gasteiger partial charge in [-0.25, -0.2) is 4.39 Å². The fraction of sp³-hybridized carbons (Fsp3) is 0.174. The number of rotatable bonds is 2. The molecule has 3 heterocycles. The van der Waals surface area contributed by atoms with Crippen molar-refractivity contribution in [3.63, 3.8) is 0 Å². The molecule has 0 aliphatic carbocycles. The van der Waals surface area contributed by atoms with Crippen LogP contribution in [0.2, 0.25) is 5.02 Å². The highest BCUT2D eigenvalue weighted by Gasteiger charge is 2.25. The molecule has 2 aromatic heterocycles. The first kappa shape index (κ1) is 18.8. The van der Waals surface area contributed by atoms with Crippen molar-refractivity contribution in [1.29, 1.82) is 0 Å². The molecule has 0 unspecified atom stereocenters. The fourth-order valence-electron chi connectivity index (χ4n) is 4.00. The molecule has 0 radical (unpaired) electrons. The summed E-state index contributed by atoms with van der Waals surface area (Å²) in [6.45, 7) is 2.33. The number of benzene rings is 2. The van der Waals surface area contributed by atoms with Gasteiger partial charge in [-0.3, -0.25) is 14.8 Å². The topological polar surface area (TPSA) is 49.3 Å². The highest BCUT2D eigenvalue weighted by molar-refractivity contribution is 6.30. The third-order valence-corrected chi connectivity index (χ3v) is 5.76. The van der Waals surface area contributed by atoms with Gasteiger partial charge in [-0.15, -0.1) is 0 Å². The van der Waals surface area contributed by atoms with E-state index in [1.807, 2.05) is 18.2 Å². The standard InChI is InChI=1S/C23H18ClFN4O/c24-16-4-6-17(19(25)14-16)23(30)29-12-10-28(11-13-29)20-7-9-27-22-18(20)5-3-15-2-1-8-26-21(15)22/h1-9,14H,10-13H2. The second-order valence-electron chi connectivity index (χ2n) is 7.27. The molecule has 1 fully saturated rings. The number of carbonyl (C=O) groups excluding carboxylic acids is 1. The summed E-state index contributed by atoms with van der Waals surface area (Å²) in [5.41, 5.74) is 2.87. The van der Waals surface area contributed by atoms with Gasteiger partial charge in [-0.1, -0.05) is 23.7 Å². The summed E-state index contributed by atoms with van der Waals surface area (Å²) < 4.78 is 14.1. The quantitative estimate of drug-likeness (QED) is 0.447. The number of hydrogen-bond acceptors (Lipinski definition) is 4. The van der Waals surface area contributed by atoms with E-state index in [4.69, 9.17) is 11.6 Å². The van der Waals surface area contributed by atoms with E-state index in [1.165, 1.54) is 18.2 Å². The first-order valence-electron chi connectivity index (χ1n) is 9.73. The molecule has 1 saturated heterocycles. The van der Waals surface area contributed by atoms with E-state index in [1.54, 1.807) is 17.3 Å². The molecule has 2 aromatic carbocycles. The van der Waals surface area contributed by atoms with E-state index in [0.717, 1.165) is 27.5 Å². The zero-order chi connectivity index (χ0) is 20.7. The van der Waals surface area contributed by atoms with Gasteiger partial charge in [0.2, 0.25) is 0 Å². The van der Waals surface area contributed by atoms with E-state index >= 15 is 0 Å². The Morgan fingerprint density at radius 3 is 2.53 bits per heavy atom. The van der Waals surface area contributed by atoms with Crippen LogP contribution < -0.4 is 4.90 Å². The van der Waals surface area contributed by atoms with Gasteiger partial charge in [0, 0.05) is 60.1 Å². The first-order valence-corrected chi connectivity index (χ1v) is 10.1. The summed E-state index contributed by atoms with van der Waals surface area (Å²) in [6.07, 6.45) is 3.57. The van der Waals surface area contributed by atoms with Crippen LogP contribution in [-0.4, -0.2) is 47.0 Å². The molecule has 5 rings (SSSR count). The molecular formula is C23H18ClFN4O. The third kappa shape index (κ3) is 3.23. The Hall–Kier alpha value is -3.25. The number of carbonyl (C=O) groups is 1. The molecule has 0 saturated carbocycles. The predicted molar refractivity (Wildman–Crippen MR) is 117 cm³/mol. The molecule has 0 bridgehead atoms. The summed E-state index contributed by atoms with van der Waals surface area (Å²) in [7, 11) is 0. The highest BCUT2D eigenvalue weighted by Crippen LogP contribution is 2.30. The van der Waals surface area contributed by atoms with Gasteiger partial charge in [0.1, 0.15) is 5.82 Å². The summed E-state index contributed by atoms with van der Waals surface area (Å²) in [4.78, 5) is 25.7. The van der Waals surface area contributed by atoms with E-state index in [-0.39, 0.29) is 16.5 Å². The average molecular weight is 421 g/mol. The number of anilines is 1. The lowest BCUT2D eigenvalue weighted by molar-refractivity contribution is 0.0742. The average Bonchev–Trinajstić information content (AvgIpc) is 2.78. The summed E-state index contributed by atoms with van der Waals surface area (Å²) >= 11 is 5.80. The molecule has 1 aliphatic heterocycles. The Balaban J connectivity index is 1.40. The van der Waals surface area contributed by atoms with Crippen LogP contribution in [0.25, 0.3) is 21.8 Å². The second-order valence-corrected chi connectivity index (χ2v) is 7.71. The van der Waals surface area contributed by atoms with Gasteiger partial charge in [-0.05, 0) is 36.4 Å². The minimum absolute atomic E-state index is 0.0553. The summed E-state index contributed by atoms with van der Waals surface area (Å²) in [5.74, 6) is -0.895. The Bertz CT molecular complexity index is 1270. The third-order valence-electron chi connectivity index (χ3n) is 5.53. The lowest BCUT2D eigenvalue weighted by Gasteiger charge is -2.36. The Morgan fingerprint density at radius 1 is 0.933 bits per heavy atom. The van der Waals surface area contributed by atoms with Crippen LogP contribution in [0.5, 0.6) is 0 Å². The Morgan fingerprint density at radius 2 is 1.73 bits per heavy atom. The van der Waals surface area contributed by atoms with Gasteiger partial charge < -0.3 is 9.80 Å². The first-order chi connectivity index (χ1) is 14.6. The smallest absolute Gasteiger partial charge is 0.256 e. The van der Waals surface area contributed by atoms with Crippen LogP contribution in [0.4, 0.5) is 10.1 Å². The lowest BCUT2D eigenvalue weighted by atomic mass is 10.1. The molecule has 4 aromatic rings. The number of nitrogens with zero attached hydrogens (tertiary/aromatic N) is 4. The Labute approximate surface area is 177 Å². The van der Waals surface area contributed by atoms with Crippen LogP contribution in [0, 0.1) is 5.82 Å². The summed E-state index contributed by atoms with van der Waals surface area (Å²) in [6, 6.07) is 14.2. The van der Waals surface area contributed by atoms with Crippen LogP contribution in [0.1, 0.15) is 10.4 Å². The van der Waals surface area contributed by atoms with Gasteiger partial charge in [-0.2, -0.15) is 0 Å². The molecule has 0 N–H and O–H groups in total. The number of hydrogen-bond donors (Lipinski definition) is 0. The zero-order valence-electron chi connectivity index (χ0n) is 16.1. The van der Waals surface area contributed by atoms with E-state index in [9.17, 15) is 9.18 Å². The number of aromatic nitrogens is 2. The SMILES string of the molecule is O=C(c1ccc(Cl)cc1F)N1CCN(c2ccnc3c2ccc2cccnc23)CC1. The summed E-state index contributed by atoms with van der Waals surface area (Å²) in [5, 5.41) is 2.36. The van der Waals surface area contributed by atoms with Crippen molar-refractivity contribution < 1.29 is 9.18 Å². The van der Waals surface area contributed by atoms with Crippen LogP contribution >= 0.6 is 11.6 Å². The second kappa shape index (κ2) is 7.54. The zero-order valence-corrected chi connectivity index (χ0v) is 16.8. The van der Waals surface area contributed by atoms with Crippen molar-refractivity contribution in [2.45, 2.75) is 0 Å². The molecular weight excluding hydrogens is 403 g/mol. The van der Waals surface area contributed by atoms with Crippen LogP contribution in [-0.2, 0) is 0 Å². The normalized spacial score (nSPS) is 14.5. The minimum Gasteiger partial charge on any atom is -0.367 e. The molecule has 150 valence electrons. The monoisotopic (exact) mass is 420 g/mol. The van der Waals surface area contributed by atoms with Crippen molar-refractivity contribution in [3.05, 3.63) is 77.3 Å². The molecule has 0 spiro atoms. The number of amides is 1. The van der Waals surface area contributed by atoms with Crippen molar-refractivity contribution in [1.82, 2.24) is 14.9 Å². The lowest BCUT2D eigenvalue weighted by Crippen LogP contribution is -2.49. The number of fused-ring (bicyclic) bond motifs is 3. The molecule has 1 aliphatic rings. The van der Waals surface area contributed by atoms with Gasteiger partial charge in [0.25, 0.3) is 5.91 Å². The van der Waals surface area contributed by atoms with Crippen molar-refractivity contribution in [2.75, 3.05) is 31.1 Å². The molecule has 7 heteroatoms. The number of halogens is 2. The van der Waals surface area contributed by atoms with E-state index < -0.39 is 5.82 Å². The van der Waals surface area contributed by atoms with E-state index in [2.05, 4.69) is 27.0 Å². The number of pyridine rings is 2. The maximum Gasteiger partial charge on any atom is 0.256 e. The molecule has 1 amide bonds. The van der Waals surface area contributed by atoms with Crippen molar-refractivity contribution in [3.8, 4) is 0 Å². The fourth-order valence-corrected chi connectivity index (χ4v) is 4.16. The van der Waals surface area contributed by atoms with E-state index in [0.29, 0.717) is 26.2 Å². The van der Waals surface area contributed by atoms with Crippen LogP contribution in [0.15, 0.2) is 60.9 Å². The predicted octanol–water partition coefficient (Wildman–Crippen LogP) is 4.54. The molecule has 5 nitrogen and oxygen atoms in total. The minimum atomic E-state index is -0.588. The molecule has 0 atom stereocenters. The molecule has 30 heavy (non-hydrogen) atoms. The Kier molecular flexibility index (Phi) is 4.71. The van der Waals surface area contributed by atoms with Crippen LogP contribution in [0.3, 0.4) is 0 Å². The van der Waals surface area contributed by atoms with Gasteiger partial charge in [0.05, 0.1) is 16.6 Å². The maximum atomic E-state index is 14.1. The van der Waals surface area contributed by atoms with Gasteiger partial charge in [0.15, 0.2) is 0 Å². The number of piperazine rings is 1. The van der Waals surface area contributed by atoms with Crippen molar-refractivity contribution >= 4 is 45.0 Å². The maximum absolute atomic E-state index is 14.1.